The Morgan fingerprint density at radius 3 is 2.40 bits per heavy atom. The van der Waals surface area contributed by atoms with Gasteiger partial charge in [-0.2, -0.15) is 0 Å². The number of anilines is 2. The Morgan fingerprint density at radius 2 is 1.76 bits per heavy atom. The molecule has 0 fully saturated rings. The molecule has 6 heteroatoms. The highest BCUT2D eigenvalue weighted by Crippen LogP contribution is 2.22. The number of hydrogen-bond acceptors (Lipinski definition) is 4. The van der Waals surface area contributed by atoms with E-state index in [1.807, 2.05) is 68.1 Å². The van der Waals surface area contributed by atoms with Crippen LogP contribution in [0.3, 0.4) is 0 Å². The van der Waals surface area contributed by atoms with Crippen molar-refractivity contribution in [2.45, 2.75) is 19.9 Å². The Labute approximate surface area is 146 Å². The molecule has 1 amide bonds. The summed E-state index contributed by atoms with van der Waals surface area (Å²) in [6.07, 6.45) is 5.40. The van der Waals surface area contributed by atoms with Crippen LogP contribution < -0.4 is 10.6 Å². The highest BCUT2D eigenvalue weighted by atomic mass is 16.2. The molecular formula is C19H21N5O. The highest BCUT2D eigenvalue weighted by Gasteiger charge is 2.14. The number of aryl methyl sites for hydroxylation is 1. The van der Waals surface area contributed by atoms with E-state index in [4.69, 9.17) is 0 Å². The fraction of sp³-hybridized carbons (Fsp3) is 0.211. The minimum Gasteiger partial charge on any atom is -0.349 e. The first-order chi connectivity index (χ1) is 12.0. The molecule has 25 heavy (non-hydrogen) atoms. The van der Waals surface area contributed by atoms with Crippen LogP contribution in [0.1, 0.15) is 24.3 Å². The molecule has 0 radical (unpaired) electrons. The molecule has 3 rings (SSSR count). The summed E-state index contributed by atoms with van der Waals surface area (Å²) in [6, 6.07) is 11.7. The molecule has 0 spiro atoms. The van der Waals surface area contributed by atoms with E-state index >= 15 is 0 Å². The van der Waals surface area contributed by atoms with Gasteiger partial charge in [0.05, 0.1) is 0 Å². The highest BCUT2D eigenvalue weighted by molar-refractivity contribution is 5.94. The van der Waals surface area contributed by atoms with Gasteiger partial charge in [0.2, 0.25) is 5.95 Å². The molecule has 2 N–H and O–H groups in total. The zero-order valence-electron chi connectivity index (χ0n) is 14.5. The molecule has 2 heterocycles. The summed E-state index contributed by atoms with van der Waals surface area (Å²) < 4.78 is 1.81. The third kappa shape index (κ3) is 4.03. The lowest BCUT2D eigenvalue weighted by Gasteiger charge is -2.08. The monoisotopic (exact) mass is 335 g/mol. The van der Waals surface area contributed by atoms with Crippen molar-refractivity contribution in [1.82, 2.24) is 19.9 Å². The summed E-state index contributed by atoms with van der Waals surface area (Å²) in [4.78, 5) is 20.9. The molecule has 6 nitrogen and oxygen atoms in total. The van der Waals surface area contributed by atoms with Crippen LogP contribution in [0, 0.1) is 0 Å². The van der Waals surface area contributed by atoms with Crippen LogP contribution in [-0.2, 0) is 7.05 Å². The van der Waals surface area contributed by atoms with Gasteiger partial charge in [-0.1, -0.05) is 18.2 Å². The van der Waals surface area contributed by atoms with E-state index in [-0.39, 0.29) is 11.9 Å². The van der Waals surface area contributed by atoms with Gasteiger partial charge in [-0.05, 0) is 32.0 Å². The summed E-state index contributed by atoms with van der Waals surface area (Å²) in [6.45, 7) is 3.88. The number of rotatable bonds is 5. The molecule has 0 atom stereocenters. The number of carbonyl (C=O) groups excluding carboxylic acids is 1. The van der Waals surface area contributed by atoms with Crippen molar-refractivity contribution < 1.29 is 4.79 Å². The van der Waals surface area contributed by atoms with Gasteiger partial charge < -0.3 is 15.2 Å². The smallest absolute Gasteiger partial charge is 0.268 e. The van der Waals surface area contributed by atoms with Crippen LogP contribution in [0.4, 0.5) is 11.6 Å². The Kier molecular flexibility index (Phi) is 4.79. The minimum absolute atomic E-state index is 0.0907. The molecule has 0 bridgehead atoms. The fourth-order valence-corrected chi connectivity index (χ4v) is 2.48. The van der Waals surface area contributed by atoms with E-state index in [0.29, 0.717) is 11.6 Å². The molecule has 3 aromatic rings. The van der Waals surface area contributed by atoms with E-state index < -0.39 is 0 Å². The number of carbonyl (C=O) groups is 1. The zero-order valence-corrected chi connectivity index (χ0v) is 14.5. The summed E-state index contributed by atoms with van der Waals surface area (Å²) in [5, 5.41) is 6.05. The van der Waals surface area contributed by atoms with E-state index in [1.165, 1.54) is 0 Å². The number of hydrogen-bond donors (Lipinski definition) is 2. The van der Waals surface area contributed by atoms with Crippen molar-refractivity contribution in [2.75, 3.05) is 5.32 Å². The van der Waals surface area contributed by atoms with E-state index in [9.17, 15) is 4.79 Å². The molecule has 2 aromatic heterocycles. The molecule has 0 saturated heterocycles. The van der Waals surface area contributed by atoms with E-state index in [1.54, 1.807) is 12.4 Å². The lowest BCUT2D eigenvalue weighted by Crippen LogP contribution is -2.31. The van der Waals surface area contributed by atoms with Crippen LogP contribution in [-0.4, -0.2) is 26.5 Å². The fourth-order valence-electron chi connectivity index (χ4n) is 2.48. The lowest BCUT2D eigenvalue weighted by molar-refractivity contribution is 0.0935. The van der Waals surface area contributed by atoms with Crippen LogP contribution in [0.15, 0.2) is 55.0 Å². The lowest BCUT2D eigenvalue weighted by atomic mass is 10.2. The molecule has 1 aromatic carbocycles. The predicted molar refractivity (Wildman–Crippen MR) is 98.8 cm³/mol. The Hall–Kier alpha value is -3.15. The van der Waals surface area contributed by atoms with Crippen molar-refractivity contribution >= 4 is 17.5 Å². The third-order valence-electron chi connectivity index (χ3n) is 3.67. The van der Waals surface area contributed by atoms with Gasteiger partial charge in [-0.15, -0.1) is 0 Å². The SMILES string of the molecule is CC(C)NC(=O)c1cc(-c2cnc(Nc3ccccc3)nc2)cn1C. The number of benzene rings is 1. The first kappa shape index (κ1) is 16.7. The standard InChI is InChI=1S/C19H21N5O/c1-13(2)22-18(25)17-9-14(12-24(17)3)15-10-20-19(21-11-15)23-16-7-5-4-6-8-16/h4-13H,1-3H3,(H,22,25)(H,20,21,23). The van der Waals surface area contributed by atoms with Gasteiger partial charge in [0, 0.05) is 48.5 Å². The second-order valence-corrected chi connectivity index (χ2v) is 6.14. The van der Waals surface area contributed by atoms with Crippen molar-refractivity contribution in [3.63, 3.8) is 0 Å². The summed E-state index contributed by atoms with van der Waals surface area (Å²) >= 11 is 0. The predicted octanol–water partition coefficient (Wildman–Crippen LogP) is 3.36. The second kappa shape index (κ2) is 7.17. The Balaban J connectivity index is 1.77. The van der Waals surface area contributed by atoms with Crippen LogP contribution in [0.2, 0.25) is 0 Å². The Morgan fingerprint density at radius 1 is 1.08 bits per heavy atom. The topological polar surface area (TPSA) is 71.8 Å². The largest absolute Gasteiger partial charge is 0.349 e. The average molecular weight is 335 g/mol. The van der Waals surface area contributed by atoms with E-state index in [0.717, 1.165) is 16.8 Å². The molecule has 128 valence electrons. The first-order valence-corrected chi connectivity index (χ1v) is 8.14. The van der Waals surface area contributed by atoms with Crippen molar-refractivity contribution in [3.05, 3.63) is 60.7 Å². The maximum absolute atomic E-state index is 12.2. The Bertz CT molecular complexity index is 853. The van der Waals surface area contributed by atoms with Gasteiger partial charge in [0.1, 0.15) is 5.69 Å². The van der Waals surface area contributed by atoms with Crippen LogP contribution in [0.25, 0.3) is 11.1 Å². The number of aromatic nitrogens is 3. The van der Waals surface area contributed by atoms with Crippen LogP contribution >= 0.6 is 0 Å². The average Bonchev–Trinajstić information content (AvgIpc) is 2.98. The summed E-state index contributed by atoms with van der Waals surface area (Å²) in [7, 11) is 1.85. The van der Waals surface area contributed by atoms with Gasteiger partial charge in [0.15, 0.2) is 0 Å². The molecule has 0 aliphatic heterocycles. The summed E-state index contributed by atoms with van der Waals surface area (Å²) in [5.41, 5.74) is 3.30. The van der Waals surface area contributed by atoms with Crippen LogP contribution in [0.5, 0.6) is 0 Å². The first-order valence-electron chi connectivity index (χ1n) is 8.14. The maximum atomic E-state index is 12.2. The van der Waals surface area contributed by atoms with Gasteiger partial charge >= 0.3 is 0 Å². The van der Waals surface area contributed by atoms with Crippen molar-refractivity contribution in [2.24, 2.45) is 7.05 Å². The second-order valence-electron chi connectivity index (χ2n) is 6.14. The molecule has 0 saturated carbocycles. The zero-order chi connectivity index (χ0) is 17.8. The third-order valence-corrected chi connectivity index (χ3v) is 3.67. The van der Waals surface area contributed by atoms with Crippen molar-refractivity contribution in [3.8, 4) is 11.1 Å². The normalized spacial score (nSPS) is 10.7. The quantitative estimate of drug-likeness (QED) is 0.750. The number of amides is 1. The van der Waals surface area contributed by atoms with Gasteiger partial charge in [-0.25, -0.2) is 9.97 Å². The maximum Gasteiger partial charge on any atom is 0.268 e. The van der Waals surface area contributed by atoms with Gasteiger partial charge in [0.25, 0.3) is 5.91 Å². The molecule has 0 aliphatic rings. The molecule has 0 unspecified atom stereocenters. The molecule has 0 aliphatic carbocycles. The van der Waals surface area contributed by atoms with E-state index in [2.05, 4.69) is 20.6 Å². The van der Waals surface area contributed by atoms with Crippen molar-refractivity contribution in [1.29, 1.82) is 0 Å². The van der Waals surface area contributed by atoms with Gasteiger partial charge in [-0.3, -0.25) is 4.79 Å². The number of nitrogens with one attached hydrogen (secondary N) is 2. The summed E-state index contributed by atoms with van der Waals surface area (Å²) in [5.74, 6) is 0.440. The minimum atomic E-state index is -0.0907. The molecular weight excluding hydrogens is 314 g/mol. The number of nitrogens with zero attached hydrogens (tertiary/aromatic N) is 3. The number of para-hydroxylation sites is 1.